The number of allylic oxidation sites excluding steroid dienone is 1. The van der Waals surface area contributed by atoms with Crippen LogP contribution >= 0.6 is 0 Å². The smallest absolute Gasteiger partial charge is 0.281 e. The highest BCUT2D eigenvalue weighted by Gasteiger charge is 2.43. The molecule has 1 aliphatic carbocycles. The molecule has 0 aromatic heterocycles. The average molecular weight is 476 g/mol. The minimum Gasteiger partial charge on any atom is -0.481 e. The van der Waals surface area contributed by atoms with Gasteiger partial charge in [-0.1, -0.05) is 36.4 Å². The number of amides is 1. The zero-order chi connectivity index (χ0) is 24.4. The molecule has 2 aliphatic rings. The van der Waals surface area contributed by atoms with Gasteiger partial charge < -0.3 is 4.74 Å². The van der Waals surface area contributed by atoms with E-state index in [4.69, 9.17) is 9.84 Å². The third-order valence-electron chi connectivity index (χ3n) is 6.37. The predicted molar refractivity (Wildman–Crippen MR) is 127 cm³/mol. The van der Waals surface area contributed by atoms with E-state index in [1.165, 1.54) is 41.4 Å². The number of benzene rings is 3. The molecule has 4 nitrogen and oxygen atoms in total. The lowest BCUT2D eigenvalue weighted by Gasteiger charge is -2.29. The first kappa shape index (κ1) is 22.9. The molecule has 5 rings (SSSR count). The summed E-state index contributed by atoms with van der Waals surface area (Å²) < 4.78 is 46.4. The number of nitrogens with zero attached hydrogens (tertiary/aromatic N) is 2. The van der Waals surface area contributed by atoms with E-state index < -0.39 is 17.8 Å². The molecule has 0 bridgehead atoms. The minimum absolute atomic E-state index is 0.0136. The van der Waals surface area contributed by atoms with Gasteiger partial charge in [0.1, 0.15) is 11.6 Å². The third-order valence-corrected chi connectivity index (χ3v) is 6.37. The van der Waals surface area contributed by atoms with Crippen LogP contribution in [0.5, 0.6) is 5.75 Å². The largest absolute Gasteiger partial charge is 0.481 e. The number of para-hydroxylation sites is 1. The normalized spacial score (nSPS) is 20.5. The standard InChI is InChI=1S/C28H23F3N2O2/c29-21-12-8-18(9-13-21)16-20-4-3-5-23-27(20)32-33(28(23)19-10-14-22(30)15-11-19)26(34)17-35-25-7-2-1-6-24(25)31/h1-2,6-16,23,28H,3-5,17H2/b20-16-. The van der Waals surface area contributed by atoms with E-state index in [2.05, 4.69) is 0 Å². The lowest BCUT2D eigenvalue weighted by atomic mass is 9.77. The van der Waals surface area contributed by atoms with Crippen molar-refractivity contribution < 1.29 is 22.7 Å². The molecule has 7 heteroatoms. The van der Waals surface area contributed by atoms with E-state index in [0.717, 1.165) is 41.7 Å². The number of hydrogen-bond donors (Lipinski definition) is 0. The van der Waals surface area contributed by atoms with Crippen LogP contribution < -0.4 is 4.74 Å². The molecular formula is C28H23F3N2O2. The fourth-order valence-corrected chi connectivity index (χ4v) is 4.73. The zero-order valence-electron chi connectivity index (χ0n) is 18.8. The van der Waals surface area contributed by atoms with Crippen LogP contribution in [-0.4, -0.2) is 23.2 Å². The molecule has 1 heterocycles. The number of ether oxygens (including phenoxy) is 1. The van der Waals surface area contributed by atoms with Gasteiger partial charge in [-0.2, -0.15) is 5.10 Å². The lowest BCUT2D eigenvalue weighted by Crippen LogP contribution is -2.34. The molecule has 2 atom stereocenters. The molecular weight excluding hydrogens is 453 g/mol. The van der Waals surface area contributed by atoms with Crippen LogP contribution in [0.3, 0.4) is 0 Å². The van der Waals surface area contributed by atoms with Crippen molar-refractivity contribution in [3.05, 3.63) is 107 Å². The first-order chi connectivity index (χ1) is 17.0. The Bertz CT molecular complexity index is 1290. The van der Waals surface area contributed by atoms with Crippen LogP contribution in [0, 0.1) is 23.4 Å². The van der Waals surface area contributed by atoms with Crippen molar-refractivity contribution in [2.45, 2.75) is 25.3 Å². The highest BCUT2D eigenvalue weighted by Crippen LogP contribution is 2.44. The quantitative estimate of drug-likeness (QED) is 0.433. The molecule has 1 fully saturated rings. The van der Waals surface area contributed by atoms with Crippen molar-refractivity contribution in [3.63, 3.8) is 0 Å². The molecule has 178 valence electrons. The SMILES string of the molecule is O=C(COc1ccccc1F)N1N=C2/C(=C\c3ccc(F)cc3)CCCC2C1c1ccc(F)cc1. The summed E-state index contributed by atoms with van der Waals surface area (Å²) in [4.78, 5) is 13.3. The van der Waals surface area contributed by atoms with Gasteiger partial charge >= 0.3 is 0 Å². The van der Waals surface area contributed by atoms with Gasteiger partial charge in [-0.25, -0.2) is 18.2 Å². The number of hydrogen-bond acceptors (Lipinski definition) is 3. The van der Waals surface area contributed by atoms with Gasteiger partial charge in [0, 0.05) is 5.92 Å². The third kappa shape index (κ3) is 4.85. The molecule has 0 N–H and O–H groups in total. The maximum atomic E-state index is 14.0. The summed E-state index contributed by atoms with van der Waals surface area (Å²) in [6.07, 6.45) is 4.44. The summed E-state index contributed by atoms with van der Waals surface area (Å²) in [7, 11) is 0. The molecule has 3 aromatic carbocycles. The Morgan fingerprint density at radius 3 is 2.37 bits per heavy atom. The van der Waals surface area contributed by atoms with Crippen molar-refractivity contribution in [2.75, 3.05) is 6.61 Å². The highest BCUT2D eigenvalue weighted by molar-refractivity contribution is 6.08. The first-order valence-electron chi connectivity index (χ1n) is 11.5. The fraction of sp³-hybridized carbons (Fsp3) is 0.214. The molecule has 1 amide bonds. The van der Waals surface area contributed by atoms with E-state index in [9.17, 15) is 18.0 Å². The number of halogens is 3. The Balaban J connectivity index is 1.47. The molecule has 0 saturated heterocycles. The monoisotopic (exact) mass is 476 g/mol. The van der Waals surface area contributed by atoms with E-state index in [-0.39, 0.29) is 29.9 Å². The Hall–Kier alpha value is -3.87. The molecule has 0 spiro atoms. The minimum atomic E-state index is -0.554. The summed E-state index contributed by atoms with van der Waals surface area (Å²) in [6.45, 7) is -0.390. The number of hydrazone groups is 1. The Labute approximate surface area is 201 Å². The lowest BCUT2D eigenvalue weighted by molar-refractivity contribution is -0.135. The fourth-order valence-electron chi connectivity index (χ4n) is 4.73. The van der Waals surface area contributed by atoms with Gasteiger partial charge in [-0.15, -0.1) is 0 Å². The average Bonchev–Trinajstić information content (AvgIpc) is 3.26. The van der Waals surface area contributed by atoms with Crippen LogP contribution in [0.2, 0.25) is 0 Å². The van der Waals surface area contributed by atoms with Crippen molar-refractivity contribution in [1.82, 2.24) is 5.01 Å². The number of carbonyl (C=O) groups excluding carboxylic acids is 1. The van der Waals surface area contributed by atoms with Gasteiger partial charge in [0.25, 0.3) is 5.91 Å². The van der Waals surface area contributed by atoms with Crippen molar-refractivity contribution in [2.24, 2.45) is 11.0 Å². The summed E-state index contributed by atoms with van der Waals surface area (Å²) in [5, 5.41) is 6.10. The van der Waals surface area contributed by atoms with E-state index in [0.29, 0.717) is 0 Å². The van der Waals surface area contributed by atoms with Gasteiger partial charge in [0.2, 0.25) is 0 Å². The second-order valence-corrected chi connectivity index (χ2v) is 8.66. The van der Waals surface area contributed by atoms with Crippen LogP contribution in [-0.2, 0) is 4.79 Å². The molecule has 0 radical (unpaired) electrons. The molecule has 3 aromatic rings. The Morgan fingerprint density at radius 2 is 1.66 bits per heavy atom. The second kappa shape index (κ2) is 9.78. The maximum Gasteiger partial charge on any atom is 0.281 e. The van der Waals surface area contributed by atoms with Crippen LogP contribution in [0.4, 0.5) is 13.2 Å². The van der Waals surface area contributed by atoms with Crippen molar-refractivity contribution >= 4 is 17.7 Å². The number of fused-ring (bicyclic) bond motifs is 1. The van der Waals surface area contributed by atoms with Crippen LogP contribution in [0.1, 0.15) is 36.4 Å². The van der Waals surface area contributed by atoms with Crippen molar-refractivity contribution in [1.29, 1.82) is 0 Å². The van der Waals surface area contributed by atoms with E-state index in [1.807, 2.05) is 6.08 Å². The Kier molecular flexibility index (Phi) is 6.40. The van der Waals surface area contributed by atoms with Gasteiger partial charge in [0.05, 0.1) is 11.8 Å². The predicted octanol–water partition coefficient (Wildman–Crippen LogP) is 6.31. The van der Waals surface area contributed by atoms with E-state index in [1.54, 1.807) is 36.4 Å². The van der Waals surface area contributed by atoms with Crippen LogP contribution in [0.25, 0.3) is 6.08 Å². The number of rotatable bonds is 5. The highest BCUT2D eigenvalue weighted by atomic mass is 19.1. The summed E-state index contributed by atoms with van der Waals surface area (Å²) in [5.74, 6) is -1.75. The molecule has 1 saturated carbocycles. The number of carbonyl (C=O) groups is 1. The molecule has 35 heavy (non-hydrogen) atoms. The van der Waals surface area contributed by atoms with Gasteiger partial charge in [-0.3, -0.25) is 4.79 Å². The topological polar surface area (TPSA) is 41.9 Å². The summed E-state index contributed by atoms with van der Waals surface area (Å²) in [6, 6.07) is 17.7. The second-order valence-electron chi connectivity index (χ2n) is 8.66. The summed E-state index contributed by atoms with van der Waals surface area (Å²) in [5.41, 5.74) is 3.37. The summed E-state index contributed by atoms with van der Waals surface area (Å²) >= 11 is 0. The van der Waals surface area contributed by atoms with E-state index >= 15 is 0 Å². The zero-order valence-corrected chi connectivity index (χ0v) is 18.8. The molecule has 2 unspecified atom stereocenters. The van der Waals surface area contributed by atoms with Gasteiger partial charge in [0.15, 0.2) is 18.2 Å². The Morgan fingerprint density at radius 1 is 0.971 bits per heavy atom. The maximum absolute atomic E-state index is 14.0. The van der Waals surface area contributed by atoms with Gasteiger partial charge in [-0.05, 0) is 78.4 Å². The molecule has 1 aliphatic heterocycles. The first-order valence-corrected chi connectivity index (χ1v) is 11.5. The van der Waals surface area contributed by atoms with Crippen molar-refractivity contribution in [3.8, 4) is 5.75 Å². The van der Waals surface area contributed by atoms with Crippen LogP contribution in [0.15, 0.2) is 83.5 Å².